The summed E-state index contributed by atoms with van der Waals surface area (Å²) in [7, 11) is 0. The summed E-state index contributed by atoms with van der Waals surface area (Å²) < 4.78 is 54.6. The zero-order valence-electron chi connectivity index (χ0n) is 14.2. The molecule has 0 atom stereocenters. The lowest BCUT2D eigenvalue weighted by Crippen LogP contribution is -3.14. The molecule has 9 heteroatoms. The Hall–Kier alpha value is -2.42. The van der Waals surface area contributed by atoms with Gasteiger partial charge in [-0.05, 0) is 31.2 Å². The molecule has 1 aromatic carbocycles. The van der Waals surface area contributed by atoms with E-state index in [0.29, 0.717) is 30.9 Å². The van der Waals surface area contributed by atoms with Crippen LogP contribution >= 0.6 is 0 Å². The molecule has 26 heavy (non-hydrogen) atoms. The minimum atomic E-state index is -4.77. The first-order chi connectivity index (χ1) is 12.3. The van der Waals surface area contributed by atoms with E-state index in [-0.39, 0.29) is 5.69 Å². The van der Waals surface area contributed by atoms with E-state index >= 15 is 0 Å². The van der Waals surface area contributed by atoms with Crippen molar-refractivity contribution in [1.29, 1.82) is 0 Å². The lowest BCUT2D eigenvalue weighted by molar-refractivity contribution is -0.902. The Bertz CT molecular complexity index is 777. The Morgan fingerprint density at radius 2 is 1.81 bits per heavy atom. The molecular weight excluding hydrogens is 352 g/mol. The maximum absolute atomic E-state index is 13.6. The largest absolute Gasteiger partial charge is 0.434 e. The van der Waals surface area contributed by atoms with Crippen LogP contribution in [0, 0.1) is 5.82 Å². The van der Waals surface area contributed by atoms with Gasteiger partial charge in [0.2, 0.25) is 0 Å². The first kappa shape index (κ1) is 18.4. The van der Waals surface area contributed by atoms with Crippen molar-refractivity contribution in [3.05, 3.63) is 47.5 Å². The molecule has 5 nitrogen and oxygen atoms in total. The molecule has 1 aromatic heterocycles. The van der Waals surface area contributed by atoms with E-state index in [1.807, 2.05) is 6.92 Å². The monoisotopic (exact) mass is 371 g/mol. The Morgan fingerprint density at radius 1 is 1.19 bits per heavy atom. The maximum Gasteiger partial charge on any atom is 0.434 e. The third-order valence-electron chi connectivity index (χ3n) is 4.60. The molecule has 0 aliphatic carbocycles. The minimum absolute atomic E-state index is 0.0398. The number of carbonyl (C=O) groups excluding carboxylic acids is 1. The number of benzene rings is 1. The summed E-state index contributed by atoms with van der Waals surface area (Å²) >= 11 is 0. The number of hydrogen-bond acceptors (Lipinski definition) is 2. The lowest BCUT2D eigenvalue weighted by Gasteiger charge is -2.31. The SMILES string of the molecule is CC[NH+]1CCN(C(=O)c2cnn(-c3ccc(F)cc3)c2C(F)(F)F)CC1. The summed E-state index contributed by atoms with van der Waals surface area (Å²) in [6.45, 7) is 5.16. The van der Waals surface area contributed by atoms with Gasteiger partial charge in [0.25, 0.3) is 5.91 Å². The smallest absolute Gasteiger partial charge is 0.332 e. The number of likely N-dealkylation sites (N-methyl/N-ethyl adjacent to an activating group) is 1. The summed E-state index contributed by atoms with van der Waals surface area (Å²) in [6, 6.07) is 4.47. The van der Waals surface area contributed by atoms with Crippen molar-refractivity contribution in [2.45, 2.75) is 13.1 Å². The fourth-order valence-corrected chi connectivity index (χ4v) is 3.11. The summed E-state index contributed by atoms with van der Waals surface area (Å²) in [5, 5.41) is 3.75. The molecule has 2 heterocycles. The normalized spacial score (nSPS) is 16.1. The van der Waals surface area contributed by atoms with Crippen LogP contribution in [0.2, 0.25) is 0 Å². The number of aromatic nitrogens is 2. The molecule has 1 saturated heterocycles. The summed E-state index contributed by atoms with van der Waals surface area (Å²) in [5.74, 6) is -1.25. The van der Waals surface area contributed by atoms with Gasteiger partial charge in [-0.15, -0.1) is 0 Å². The second kappa shape index (κ2) is 7.06. The molecule has 0 unspecified atom stereocenters. The molecule has 1 fully saturated rings. The number of alkyl halides is 3. The lowest BCUT2D eigenvalue weighted by atomic mass is 10.2. The predicted octanol–water partition coefficient (Wildman–Crippen LogP) is 1.39. The molecule has 0 radical (unpaired) electrons. The topological polar surface area (TPSA) is 42.6 Å². The first-order valence-electron chi connectivity index (χ1n) is 8.35. The number of rotatable bonds is 3. The van der Waals surface area contributed by atoms with Gasteiger partial charge in [0.1, 0.15) is 5.82 Å². The number of piperazine rings is 1. The molecule has 3 rings (SSSR count). The highest BCUT2D eigenvalue weighted by atomic mass is 19.4. The van der Waals surface area contributed by atoms with Crippen LogP contribution in [-0.4, -0.2) is 53.3 Å². The molecule has 0 spiro atoms. The van der Waals surface area contributed by atoms with E-state index in [1.54, 1.807) is 0 Å². The first-order valence-corrected chi connectivity index (χ1v) is 8.35. The molecule has 1 aliphatic rings. The van der Waals surface area contributed by atoms with Gasteiger partial charge >= 0.3 is 6.18 Å². The van der Waals surface area contributed by atoms with Crippen LogP contribution in [0.4, 0.5) is 17.6 Å². The van der Waals surface area contributed by atoms with Crippen LogP contribution in [0.25, 0.3) is 5.69 Å². The maximum atomic E-state index is 13.6. The average Bonchev–Trinajstić information content (AvgIpc) is 3.07. The van der Waals surface area contributed by atoms with Crippen molar-refractivity contribution in [3.63, 3.8) is 0 Å². The highest BCUT2D eigenvalue weighted by Crippen LogP contribution is 2.34. The molecule has 0 bridgehead atoms. The highest BCUT2D eigenvalue weighted by molar-refractivity contribution is 5.95. The van der Waals surface area contributed by atoms with Gasteiger partial charge in [-0.1, -0.05) is 0 Å². The summed E-state index contributed by atoms with van der Waals surface area (Å²) in [4.78, 5) is 15.4. The molecule has 1 N–H and O–H groups in total. The number of amides is 1. The number of nitrogens with one attached hydrogen (secondary N) is 1. The Morgan fingerprint density at radius 3 is 2.35 bits per heavy atom. The average molecular weight is 371 g/mol. The highest BCUT2D eigenvalue weighted by Gasteiger charge is 2.41. The quantitative estimate of drug-likeness (QED) is 0.829. The number of carbonyl (C=O) groups is 1. The fraction of sp³-hybridized carbons (Fsp3) is 0.412. The number of quaternary nitrogens is 1. The van der Waals surface area contributed by atoms with Crippen molar-refractivity contribution in [1.82, 2.24) is 14.7 Å². The van der Waals surface area contributed by atoms with Crippen molar-refractivity contribution in [2.24, 2.45) is 0 Å². The van der Waals surface area contributed by atoms with E-state index in [0.717, 1.165) is 24.9 Å². The van der Waals surface area contributed by atoms with Crippen molar-refractivity contribution in [3.8, 4) is 5.69 Å². The van der Waals surface area contributed by atoms with Crippen LogP contribution in [-0.2, 0) is 6.18 Å². The van der Waals surface area contributed by atoms with E-state index in [2.05, 4.69) is 5.10 Å². The van der Waals surface area contributed by atoms with Gasteiger partial charge in [0.15, 0.2) is 5.69 Å². The van der Waals surface area contributed by atoms with E-state index in [9.17, 15) is 22.4 Å². The Balaban J connectivity index is 1.95. The van der Waals surface area contributed by atoms with E-state index < -0.39 is 29.2 Å². The van der Waals surface area contributed by atoms with Crippen molar-refractivity contribution < 1.29 is 27.3 Å². The second-order valence-electron chi connectivity index (χ2n) is 6.19. The third kappa shape index (κ3) is 3.57. The van der Waals surface area contributed by atoms with Crippen LogP contribution < -0.4 is 4.90 Å². The molecule has 2 aromatic rings. The van der Waals surface area contributed by atoms with Gasteiger partial charge in [0.05, 0.1) is 50.2 Å². The Labute approximate surface area is 147 Å². The van der Waals surface area contributed by atoms with Gasteiger partial charge < -0.3 is 9.80 Å². The fourth-order valence-electron chi connectivity index (χ4n) is 3.11. The van der Waals surface area contributed by atoms with E-state index in [1.165, 1.54) is 21.9 Å². The Kier molecular flexibility index (Phi) is 4.99. The van der Waals surface area contributed by atoms with E-state index in [4.69, 9.17) is 0 Å². The number of halogens is 4. The number of hydrogen-bond donors (Lipinski definition) is 1. The van der Waals surface area contributed by atoms with Gasteiger partial charge in [-0.3, -0.25) is 4.79 Å². The third-order valence-corrected chi connectivity index (χ3v) is 4.60. The van der Waals surface area contributed by atoms with Gasteiger partial charge in [0, 0.05) is 0 Å². The molecular formula is C17H19F4N4O+. The molecule has 0 saturated carbocycles. The zero-order chi connectivity index (χ0) is 18.9. The van der Waals surface area contributed by atoms with Gasteiger partial charge in [-0.2, -0.15) is 18.3 Å². The molecule has 1 amide bonds. The summed E-state index contributed by atoms with van der Waals surface area (Å²) in [5.41, 5.74) is -1.58. The van der Waals surface area contributed by atoms with Crippen LogP contribution in [0.5, 0.6) is 0 Å². The summed E-state index contributed by atoms with van der Waals surface area (Å²) in [6.07, 6.45) is -3.83. The van der Waals surface area contributed by atoms with Gasteiger partial charge in [-0.25, -0.2) is 9.07 Å². The predicted molar refractivity (Wildman–Crippen MR) is 85.7 cm³/mol. The van der Waals surface area contributed by atoms with Crippen LogP contribution in [0.15, 0.2) is 30.5 Å². The second-order valence-corrected chi connectivity index (χ2v) is 6.19. The van der Waals surface area contributed by atoms with Crippen LogP contribution in [0.1, 0.15) is 23.0 Å². The molecule has 140 valence electrons. The van der Waals surface area contributed by atoms with Crippen molar-refractivity contribution >= 4 is 5.91 Å². The zero-order valence-corrected chi connectivity index (χ0v) is 14.2. The number of nitrogens with zero attached hydrogens (tertiary/aromatic N) is 3. The van der Waals surface area contributed by atoms with Crippen molar-refractivity contribution in [2.75, 3.05) is 32.7 Å². The van der Waals surface area contributed by atoms with Crippen LogP contribution in [0.3, 0.4) is 0 Å². The minimum Gasteiger partial charge on any atom is -0.332 e. The standard InChI is InChI=1S/C17H18F4N4O/c1-2-23-7-9-24(10-8-23)16(26)14-11-22-25(15(14)17(19,20)21)13-5-3-12(18)4-6-13/h3-6,11H,2,7-10H2,1H3/p+1. The molecule has 1 aliphatic heterocycles.